The molecule has 1 aliphatic heterocycles. The maximum atomic E-state index is 12.3. The fraction of sp³-hybridized carbons (Fsp3) is 0.381. The van der Waals surface area contributed by atoms with Crippen LogP contribution in [0.1, 0.15) is 24.5 Å². The van der Waals surface area contributed by atoms with Gasteiger partial charge in [-0.1, -0.05) is 6.07 Å². The fourth-order valence-electron chi connectivity index (χ4n) is 3.27. The van der Waals surface area contributed by atoms with Crippen molar-refractivity contribution >= 4 is 5.97 Å². The first-order valence-electron chi connectivity index (χ1n) is 9.05. The van der Waals surface area contributed by atoms with Crippen molar-refractivity contribution in [3.63, 3.8) is 0 Å². The Bertz CT molecular complexity index is 869. The van der Waals surface area contributed by atoms with Crippen LogP contribution in [0.2, 0.25) is 0 Å². The highest BCUT2D eigenvalue weighted by atomic mass is 16.7. The SMILES string of the molecule is CCOC(=O)C[C@@](O)(c1ccc2c(c1)OCO2)c1cc(OC)c(OC)c(OC)c1. The van der Waals surface area contributed by atoms with Crippen LogP contribution in [0, 0.1) is 0 Å². The van der Waals surface area contributed by atoms with Crippen LogP contribution in [-0.2, 0) is 15.1 Å². The van der Waals surface area contributed by atoms with E-state index in [1.54, 1.807) is 37.3 Å². The zero-order valence-corrected chi connectivity index (χ0v) is 16.8. The normalized spacial score (nSPS) is 14.1. The number of hydrogen-bond donors (Lipinski definition) is 1. The first kappa shape index (κ1) is 20.6. The second kappa shape index (κ2) is 8.48. The molecule has 1 atom stereocenters. The lowest BCUT2D eigenvalue weighted by molar-refractivity contribution is -0.147. The molecule has 0 bridgehead atoms. The molecule has 29 heavy (non-hydrogen) atoms. The summed E-state index contributed by atoms with van der Waals surface area (Å²) in [5.41, 5.74) is -0.928. The maximum absolute atomic E-state index is 12.3. The van der Waals surface area contributed by atoms with Crippen LogP contribution in [0.15, 0.2) is 30.3 Å². The van der Waals surface area contributed by atoms with Gasteiger partial charge in [0.25, 0.3) is 0 Å². The van der Waals surface area contributed by atoms with Gasteiger partial charge in [0.1, 0.15) is 5.60 Å². The standard InChI is InChI=1S/C21H24O8/c1-5-27-19(22)11-21(23,13-6-7-15-16(8-13)29-12-28-15)14-9-17(24-2)20(26-4)18(10-14)25-3/h6-10,23H,5,11-12H2,1-4H3/t21-/m1/s1. The molecular formula is C21H24O8. The van der Waals surface area contributed by atoms with E-state index < -0.39 is 11.6 Å². The summed E-state index contributed by atoms with van der Waals surface area (Å²) >= 11 is 0. The van der Waals surface area contributed by atoms with Gasteiger partial charge in [0, 0.05) is 0 Å². The van der Waals surface area contributed by atoms with E-state index >= 15 is 0 Å². The second-order valence-electron chi connectivity index (χ2n) is 6.32. The smallest absolute Gasteiger partial charge is 0.309 e. The van der Waals surface area contributed by atoms with Crippen LogP contribution in [-0.4, -0.2) is 45.8 Å². The van der Waals surface area contributed by atoms with Gasteiger partial charge in [0.15, 0.2) is 23.0 Å². The third-order valence-electron chi connectivity index (χ3n) is 4.70. The minimum atomic E-state index is -1.74. The monoisotopic (exact) mass is 404 g/mol. The number of benzene rings is 2. The van der Waals surface area contributed by atoms with Crippen LogP contribution >= 0.6 is 0 Å². The van der Waals surface area contributed by atoms with Gasteiger partial charge in [-0.05, 0) is 42.3 Å². The Morgan fingerprint density at radius 3 is 2.24 bits per heavy atom. The van der Waals surface area contributed by atoms with Gasteiger partial charge in [-0.15, -0.1) is 0 Å². The Labute approximate surface area is 168 Å². The molecule has 156 valence electrons. The molecule has 0 aliphatic carbocycles. The van der Waals surface area contributed by atoms with Crippen LogP contribution in [0.3, 0.4) is 0 Å². The fourth-order valence-corrected chi connectivity index (χ4v) is 3.27. The topological polar surface area (TPSA) is 92.7 Å². The number of fused-ring (bicyclic) bond motifs is 1. The molecule has 1 aliphatic rings. The van der Waals surface area contributed by atoms with Gasteiger partial charge in [-0.3, -0.25) is 4.79 Å². The van der Waals surface area contributed by atoms with E-state index in [9.17, 15) is 9.90 Å². The first-order valence-corrected chi connectivity index (χ1v) is 9.05. The lowest BCUT2D eigenvalue weighted by atomic mass is 9.83. The molecule has 0 saturated carbocycles. The quantitative estimate of drug-likeness (QED) is 0.672. The van der Waals surface area contributed by atoms with Crippen molar-refractivity contribution in [2.24, 2.45) is 0 Å². The Hall–Kier alpha value is -3.13. The summed E-state index contributed by atoms with van der Waals surface area (Å²) in [5, 5.41) is 11.7. The molecule has 0 fully saturated rings. The van der Waals surface area contributed by atoms with Crippen molar-refractivity contribution < 1.29 is 38.3 Å². The van der Waals surface area contributed by atoms with E-state index in [0.717, 1.165) is 0 Å². The second-order valence-corrected chi connectivity index (χ2v) is 6.32. The van der Waals surface area contributed by atoms with Crippen molar-refractivity contribution in [1.82, 2.24) is 0 Å². The van der Waals surface area contributed by atoms with Crippen molar-refractivity contribution in [1.29, 1.82) is 0 Å². The predicted octanol–water partition coefficient (Wildman–Crippen LogP) is 2.63. The molecule has 8 nitrogen and oxygen atoms in total. The number of rotatable bonds is 8. The van der Waals surface area contributed by atoms with E-state index in [1.165, 1.54) is 21.3 Å². The average molecular weight is 404 g/mol. The molecular weight excluding hydrogens is 380 g/mol. The number of methoxy groups -OCH3 is 3. The van der Waals surface area contributed by atoms with Crippen molar-refractivity contribution in [3.05, 3.63) is 41.5 Å². The third kappa shape index (κ3) is 3.88. The van der Waals surface area contributed by atoms with Gasteiger partial charge < -0.3 is 33.5 Å². The summed E-state index contributed by atoms with van der Waals surface area (Å²) < 4.78 is 32.0. The summed E-state index contributed by atoms with van der Waals surface area (Å²) in [4.78, 5) is 12.3. The molecule has 1 heterocycles. The highest BCUT2D eigenvalue weighted by Crippen LogP contribution is 2.45. The van der Waals surface area contributed by atoms with E-state index in [0.29, 0.717) is 39.9 Å². The highest BCUT2D eigenvalue weighted by Gasteiger charge is 2.38. The number of esters is 1. The Morgan fingerprint density at radius 1 is 1.00 bits per heavy atom. The van der Waals surface area contributed by atoms with E-state index in [-0.39, 0.29) is 19.8 Å². The highest BCUT2D eigenvalue weighted by molar-refractivity contribution is 5.73. The molecule has 0 amide bonds. The van der Waals surface area contributed by atoms with Gasteiger partial charge in [-0.25, -0.2) is 0 Å². The van der Waals surface area contributed by atoms with Crippen LogP contribution < -0.4 is 23.7 Å². The molecule has 1 N–H and O–H groups in total. The molecule has 0 unspecified atom stereocenters. The number of carbonyl (C=O) groups is 1. The van der Waals surface area contributed by atoms with Gasteiger partial charge in [-0.2, -0.15) is 0 Å². The summed E-state index contributed by atoms with van der Waals surface area (Å²) in [5.74, 6) is 1.58. The zero-order valence-electron chi connectivity index (χ0n) is 16.8. The van der Waals surface area contributed by atoms with E-state index in [4.69, 9.17) is 28.4 Å². The van der Waals surface area contributed by atoms with Gasteiger partial charge >= 0.3 is 5.97 Å². The third-order valence-corrected chi connectivity index (χ3v) is 4.70. The minimum absolute atomic E-state index is 0.0965. The number of aliphatic hydroxyl groups is 1. The van der Waals surface area contributed by atoms with Crippen molar-refractivity contribution in [3.8, 4) is 28.7 Å². The van der Waals surface area contributed by atoms with Crippen molar-refractivity contribution in [2.45, 2.75) is 18.9 Å². The van der Waals surface area contributed by atoms with E-state index in [1.807, 2.05) is 0 Å². The first-order chi connectivity index (χ1) is 14.0. The molecule has 0 aromatic heterocycles. The number of hydrogen-bond acceptors (Lipinski definition) is 8. The molecule has 2 aromatic rings. The molecule has 0 saturated heterocycles. The van der Waals surface area contributed by atoms with Gasteiger partial charge in [0.2, 0.25) is 12.5 Å². The molecule has 0 spiro atoms. The summed E-state index contributed by atoms with van der Waals surface area (Å²) in [6.07, 6.45) is -0.320. The number of ether oxygens (including phenoxy) is 6. The summed E-state index contributed by atoms with van der Waals surface area (Å²) in [6, 6.07) is 8.21. The molecule has 3 rings (SSSR count). The molecule has 8 heteroatoms. The number of carbonyl (C=O) groups excluding carboxylic acids is 1. The molecule has 0 radical (unpaired) electrons. The minimum Gasteiger partial charge on any atom is -0.493 e. The lowest BCUT2D eigenvalue weighted by Crippen LogP contribution is -2.31. The van der Waals surface area contributed by atoms with Crippen molar-refractivity contribution in [2.75, 3.05) is 34.7 Å². The summed E-state index contributed by atoms with van der Waals surface area (Å²) in [6.45, 7) is 2.00. The van der Waals surface area contributed by atoms with Gasteiger partial charge in [0.05, 0.1) is 34.4 Å². The van der Waals surface area contributed by atoms with Crippen LogP contribution in [0.5, 0.6) is 28.7 Å². The zero-order chi connectivity index (χ0) is 21.0. The molecule has 2 aromatic carbocycles. The maximum Gasteiger partial charge on any atom is 0.309 e. The van der Waals surface area contributed by atoms with Crippen LogP contribution in [0.25, 0.3) is 0 Å². The Balaban J connectivity index is 2.16. The Morgan fingerprint density at radius 2 is 1.66 bits per heavy atom. The average Bonchev–Trinajstić information content (AvgIpc) is 3.20. The Kier molecular flexibility index (Phi) is 6.03. The summed E-state index contributed by atoms with van der Waals surface area (Å²) in [7, 11) is 4.45. The largest absolute Gasteiger partial charge is 0.493 e. The lowest BCUT2D eigenvalue weighted by Gasteiger charge is -2.30. The van der Waals surface area contributed by atoms with E-state index in [2.05, 4.69) is 0 Å². The van der Waals surface area contributed by atoms with Crippen LogP contribution in [0.4, 0.5) is 0 Å². The predicted molar refractivity (Wildman–Crippen MR) is 103 cm³/mol.